The zero-order chi connectivity index (χ0) is 13.4. The molecule has 0 amide bonds. The first kappa shape index (κ1) is 13.3. The fraction of sp³-hybridized carbons (Fsp3) is 0.231. The van der Waals surface area contributed by atoms with Crippen molar-refractivity contribution >= 4 is 27.5 Å². The van der Waals surface area contributed by atoms with E-state index < -0.39 is 0 Å². The van der Waals surface area contributed by atoms with Gasteiger partial charge in [-0.15, -0.1) is 11.6 Å². The Bertz CT molecular complexity index is 584. The van der Waals surface area contributed by atoms with Crippen molar-refractivity contribution in [3.8, 4) is 17.4 Å². The minimum atomic E-state index is -0.0176. The van der Waals surface area contributed by atoms with E-state index in [0.29, 0.717) is 5.56 Å². The van der Waals surface area contributed by atoms with E-state index in [9.17, 15) is 10.2 Å². The van der Waals surface area contributed by atoms with Gasteiger partial charge in [0, 0.05) is 16.1 Å². The second-order valence-corrected chi connectivity index (χ2v) is 5.39. The molecule has 3 nitrogen and oxygen atoms in total. The third-order valence-corrected chi connectivity index (χ3v) is 3.60. The molecule has 1 aromatic carbocycles. The van der Waals surface area contributed by atoms with E-state index in [1.165, 1.54) is 10.6 Å². The van der Waals surface area contributed by atoms with E-state index >= 15 is 0 Å². The monoisotopic (exact) mass is 329 g/mol. The highest BCUT2D eigenvalue weighted by Crippen LogP contribution is 2.36. The molecule has 0 unspecified atom stereocenters. The predicted molar refractivity (Wildman–Crippen MR) is 75.8 cm³/mol. The molecule has 0 aliphatic carbocycles. The lowest BCUT2D eigenvalue weighted by molar-refractivity contribution is 0.400. The predicted octanol–water partition coefficient (Wildman–Crippen LogP) is 4.01. The van der Waals surface area contributed by atoms with Gasteiger partial charge in [0.05, 0.1) is 11.6 Å². The maximum absolute atomic E-state index is 10.1. The number of aromatic nitrogens is 1. The Hall–Kier alpha value is -1.13. The summed E-state index contributed by atoms with van der Waals surface area (Å²) in [5.74, 6) is 0.119. The van der Waals surface area contributed by atoms with Crippen molar-refractivity contribution in [2.75, 3.05) is 0 Å². The van der Waals surface area contributed by atoms with Crippen molar-refractivity contribution in [2.24, 2.45) is 0 Å². The van der Waals surface area contributed by atoms with Gasteiger partial charge in [0.15, 0.2) is 5.88 Å². The fourth-order valence-corrected chi connectivity index (χ4v) is 3.00. The lowest BCUT2D eigenvalue weighted by Gasteiger charge is -2.14. The number of aryl methyl sites for hydroxylation is 2. The molecule has 18 heavy (non-hydrogen) atoms. The SMILES string of the molecule is Cc1cc(Br)cc(C)c1-n1c(O)cc(CCl)c1O. The van der Waals surface area contributed by atoms with Gasteiger partial charge in [-0.05, 0) is 37.1 Å². The lowest BCUT2D eigenvalue weighted by Crippen LogP contribution is -1.99. The van der Waals surface area contributed by atoms with E-state index in [0.717, 1.165) is 21.3 Å². The molecule has 1 heterocycles. The molecule has 5 heteroatoms. The van der Waals surface area contributed by atoms with Crippen molar-refractivity contribution in [2.45, 2.75) is 19.7 Å². The van der Waals surface area contributed by atoms with Crippen LogP contribution in [-0.2, 0) is 5.88 Å². The Morgan fingerprint density at radius 2 is 1.72 bits per heavy atom. The van der Waals surface area contributed by atoms with Gasteiger partial charge in [-0.3, -0.25) is 4.57 Å². The van der Waals surface area contributed by atoms with E-state index in [1.807, 2.05) is 26.0 Å². The molecular weight excluding hydrogens is 318 g/mol. The minimum Gasteiger partial charge on any atom is -0.494 e. The maximum atomic E-state index is 10.1. The molecule has 0 saturated carbocycles. The normalized spacial score (nSPS) is 10.9. The first-order chi connectivity index (χ1) is 8.45. The summed E-state index contributed by atoms with van der Waals surface area (Å²) in [6, 6.07) is 5.34. The highest BCUT2D eigenvalue weighted by molar-refractivity contribution is 9.10. The Balaban J connectivity index is 2.73. The highest BCUT2D eigenvalue weighted by atomic mass is 79.9. The largest absolute Gasteiger partial charge is 0.494 e. The summed E-state index contributed by atoms with van der Waals surface area (Å²) < 4.78 is 2.37. The first-order valence-corrected chi connectivity index (χ1v) is 6.74. The van der Waals surface area contributed by atoms with Crippen LogP contribution in [0.4, 0.5) is 0 Å². The van der Waals surface area contributed by atoms with Gasteiger partial charge in [0.1, 0.15) is 0 Å². The second kappa shape index (κ2) is 4.86. The molecule has 0 radical (unpaired) electrons. The minimum absolute atomic E-state index is 0.0170. The van der Waals surface area contributed by atoms with Crippen LogP contribution < -0.4 is 0 Å². The number of halogens is 2. The topological polar surface area (TPSA) is 45.4 Å². The average Bonchev–Trinajstić information content (AvgIpc) is 2.55. The number of alkyl halides is 1. The molecule has 0 atom stereocenters. The lowest BCUT2D eigenvalue weighted by atomic mass is 10.1. The Labute approximate surface area is 119 Å². The van der Waals surface area contributed by atoms with Gasteiger partial charge in [-0.2, -0.15) is 0 Å². The zero-order valence-electron chi connectivity index (χ0n) is 10.0. The number of benzene rings is 1. The van der Waals surface area contributed by atoms with Gasteiger partial charge >= 0.3 is 0 Å². The number of nitrogens with zero attached hydrogens (tertiary/aromatic N) is 1. The maximum Gasteiger partial charge on any atom is 0.203 e. The summed E-state index contributed by atoms with van der Waals surface area (Å²) in [6.45, 7) is 3.85. The van der Waals surface area contributed by atoms with Crippen LogP contribution in [0.1, 0.15) is 16.7 Å². The second-order valence-electron chi connectivity index (χ2n) is 4.21. The molecule has 0 aliphatic heterocycles. The van der Waals surface area contributed by atoms with E-state index in [-0.39, 0.29) is 17.6 Å². The van der Waals surface area contributed by atoms with Gasteiger partial charge in [0.2, 0.25) is 5.88 Å². The van der Waals surface area contributed by atoms with Crippen molar-refractivity contribution in [3.63, 3.8) is 0 Å². The molecule has 2 N–H and O–H groups in total. The Morgan fingerprint density at radius 3 is 2.17 bits per heavy atom. The summed E-state index contributed by atoms with van der Waals surface area (Å²) in [5, 5.41) is 20.0. The molecule has 1 aromatic heterocycles. The third kappa shape index (κ3) is 2.10. The number of hydrogen-bond acceptors (Lipinski definition) is 2. The summed E-state index contributed by atoms with van der Waals surface area (Å²) in [5.41, 5.74) is 3.17. The van der Waals surface area contributed by atoms with E-state index in [4.69, 9.17) is 11.6 Å². The zero-order valence-corrected chi connectivity index (χ0v) is 12.4. The van der Waals surface area contributed by atoms with Gasteiger partial charge in [-0.1, -0.05) is 15.9 Å². The highest BCUT2D eigenvalue weighted by Gasteiger charge is 2.17. The molecule has 0 saturated heterocycles. The number of rotatable bonds is 2. The summed E-state index contributed by atoms with van der Waals surface area (Å²) in [7, 11) is 0. The molecule has 0 spiro atoms. The van der Waals surface area contributed by atoms with Crippen LogP contribution in [-0.4, -0.2) is 14.8 Å². The fourth-order valence-electron chi connectivity index (χ4n) is 2.11. The van der Waals surface area contributed by atoms with Crippen LogP contribution in [0.15, 0.2) is 22.7 Å². The van der Waals surface area contributed by atoms with Gasteiger partial charge in [-0.25, -0.2) is 0 Å². The Kier molecular flexibility index (Phi) is 3.59. The molecule has 0 aliphatic rings. The van der Waals surface area contributed by atoms with Gasteiger partial charge < -0.3 is 10.2 Å². The van der Waals surface area contributed by atoms with Crippen LogP contribution >= 0.6 is 27.5 Å². The molecular formula is C13H13BrClNO2. The van der Waals surface area contributed by atoms with Crippen LogP contribution in [0, 0.1) is 13.8 Å². The summed E-state index contributed by atoms with van der Waals surface area (Å²) in [6.07, 6.45) is 0. The number of aromatic hydroxyl groups is 2. The standard InChI is InChI=1S/C13H13BrClNO2/c1-7-3-10(14)4-8(2)12(7)16-11(17)5-9(6-15)13(16)18/h3-5,17-18H,6H2,1-2H3. The average molecular weight is 331 g/mol. The molecule has 2 aromatic rings. The van der Waals surface area contributed by atoms with E-state index in [2.05, 4.69) is 15.9 Å². The Morgan fingerprint density at radius 1 is 1.17 bits per heavy atom. The van der Waals surface area contributed by atoms with Crippen LogP contribution in [0.25, 0.3) is 5.69 Å². The first-order valence-electron chi connectivity index (χ1n) is 5.41. The van der Waals surface area contributed by atoms with Crippen molar-refractivity contribution in [1.29, 1.82) is 0 Å². The van der Waals surface area contributed by atoms with Crippen LogP contribution in [0.5, 0.6) is 11.8 Å². The van der Waals surface area contributed by atoms with Crippen LogP contribution in [0.2, 0.25) is 0 Å². The van der Waals surface area contributed by atoms with Crippen LogP contribution in [0.3, 0.4) is 0 Å². The molecule has 96 valence electrons. The quantitative estimate of drug-likeness (QED) is 0.817. The third-order valence-electron chi connectivity index (χ3n) is 2.85. The van der Waals surface area contributed by atoms with E-state index in [1.54, 1.807) is 0 Å². The molecule has 0 bridgehead atoms. The molecule has 0 fully saturated rings. The van der Waals surface area contributed by atoms with Crippen molar-refractivity contribution in [1.82, 2.24) is 4.57 Å². The van der Waals surface area contributed by atoms with Gasteiger partial charge in [0.25, 0.3) is 0 Å². The van der Waals surface area contributed by atoms with Crippen molar-refractivity contribution in [3.05, 3.63) is 39.4 Å². The van der Waals surface area contributed by atoms with Crippen molar-refractivity contribution < 1.29 is 10.2 Å². The molecule has 2 rings (SSSR count). The summed E-state index contributed by atoms with van der Waals surface area (Å²) >= 11 is 9.14. The smallest absolute Gasteiger partial charge is 0.203 e. The number of hydrogen-bond donors (Lipinski definition) is 2. The summed E-state index contributed by atoms with van der Waals surface area (Å²) in [4.78, 5) is 0.